The first kappa shape index (κ1) is 12.7. The molecule has 18 heavy (non-hydrogen) atoms. The second-order valence-electron chi connectivity index (χ2n) is 3.88. The van der Waals surface area contributed by atoms with E-state index >= 15 is 0 Å². The monoisotopic (exact) mass is 265 g/mol. The molecule has 0 spiro atoms. The van der Waals surface area contributed by atoms with E-state index in [0.29, 0.717) is 16.3 Å². The van der Waals surface area contributed by atoms with Gasteiger partial charge in [0, 0.05) is 11.2 Å². The van der Waals surface area contributed by atoms with Crippen molar-refractivity contribution in [2.24, 2.45) is 4.99 Å². The van der Waals surface area contributed by atoms with E-state index in [2.05, 4.69) is 4.99 Å². The third-order valence-corrected chi connectivity index (χ3v) is 2.64. The number of nitrogens with zero attached hydrogens (tertiary/aromatic N) is 1. The van der Waals surface area contributed by atoms with Crippen molar-refractivity contribution >= 4 is 23.5 Å². The molecule has 0 heterocycles. The Labute approximate surface area is 109 Å². The number of hydrogen-bond donors (Lipinski definition) is 0. The third-order valence-electron chi connectivity index (χ3n) is 2.39. The van der Waals surface area contributed by atoms with Crippen molar-refractivity contribution in [1.82, 2.24) is 0 Å². The number of aliphatic imine (C=N–C) groups is 1. The van der Waals surface area contributed by atoms with Gasteiger partial charge in [-0.25, -0.2) is 8.78 Å². The Kier molecular flexibility index (Phi) is 3.72. The molecule has 2 aromatic carbocycles. The average Bonchev–Trinajstić information content (AvgIpc) is 2.30. The molecule has 0 aliphatic heterocycles. The topological polar surface area (TPSA) is 12.4 Å². The number of hydrogen-bond acceptors (Lipinski definition) is 1. The summed E-state index contributed by atoms with van der Waals surface area (Å²) in [6, 6.07) is 9.20. The van der Waals surface area contributed by atoms with Gasteiger partial charge in [0.2, 0.25) is 0 Å². The first-order valence-electron chi connectivity index (χ1n) is 5.31. The lowest BCUT2D eigenvalue weighted by molar-refractivity contribution is 0.578. The van der Waals surface area contributed by atoms with Gasteiger partial charge in [0.05, 0.1) is 11.3 Å². The highest BCUT2D eigenvalue weighted by Crippen LogP contribution is 2.18. The Morgan fingerprint density at radius 3 is 2.17 bits per heavy atom. The van der Waals surface area contributed by atoms with Crippen molar-refractivity contribution in [2.45, 2.75) is 6.92 Å². The quantitative estimate of drug-likeness (QED) is 0.699. The minimum Gasteiger partial charge on any atom is -0.256 e. The Morgan fingerprint density at radius 2 is 1.61 bits per heavy atom. The molecule has 4 heteroatoms. The lowest BCUT2D eigenvalue weighted by Gasteiger charge is -2.01. The largest absolute Gasteiger partial charge is 0.256 e. The molecule has 0 bridgehead atoms. The summed E-state index contributed by atoms with van der Waals surface area (Å²) in [4.78, 5) is 4.01. The summed E-state index contributed by atoms with van der Waals surface area (Å²) in [5.41, 5.74) is 0.975. The van der Waals surface area contributed by atoms with E-state index in [1.54, 1.807) is 31.2 Å². The van der Waals surface area contributed by atoms with E-state index in [0.717, 1.165) is 0 Å². The lowest BCUT2D eigenvalue weighted by Crippen LogP contribution is -1.95. The van der Waals surface area contributed by atoms with Gasteiger partial charge in [-0.15, -0.1) is 0 Å². The molecular weight excluding hydrogens is 256 g/mol. The van der Waals surface area contributed by atoms with Crippen LogP contribution in [0.25, 0.3) is 0 Å². The van der Waals surface area contributed by atoms with Crippen LogP contribution in [0.1, 0.15) is 11.1 Å². The number of halogens is 3. The second-order valence-corrected chi connectivity index (χ2v) is 4.31. The maximum Gasteiger partial charge on any atom is 0.135 e. The molecule has 0 aliphatic carbocycles. The molecule has 92 valence electrons. The van der Waals surface area contributed by atoms with Crippen LogP contribution in [0, 0.1) is 18.6 Å². The highest BCUT2D eigenvalue weighted by atomic mass is 35.5. The molecule has 0 N–H and O–H groups in total. The van der Waals surface area contributed by atoms with Crippen LogP contribution >= 0.6 is 11.6 Å². The molecule has 0 saturated heterocycles. The van der Waals surface area contributed by atoms with Crippen molar-refractivity contribution in [3.8, 4) is 0 Å². The maximum absolute atomic E-state index is 13.5. The van der Waals surface area contributed by atoms with Crippen molar-refractivity contribution in [1.29, 1.82) is 0 Å². The standard InChI is InChI=1S/C14H10ClF2N/c1-9-6-13(16)12(14(17)7-9)8-18-11-4-2-10(15)3-5-11/h2-8H,1H3/b18-8+. The van der Waals surface area contributed by atoms with E-state index in [1.807, 2.05) is 0 Å². The molecular formula is C14H10ClF2N. The second kappa shape index (κ2) is 5.27. The minimum atomic E-state index is -0.620. The van der Waals surface area contributed by atoms with Crippen LogP contribution < -0.4 is 0 Å². The van der Waals surface area contributed by atoms with Crippen LogP contribution in [0.15, 0.2) is 41.4 Å². The normalized spacial score (nSPS) is 11.1. The van der Waals surface area contributed by atoms with E-state index in [-0.39, 0.29) is 5.56 Å². The molecule has 0 aliphatic rings. The molecule has 0 amide bonds. The average molecular weight is 266 g/mol. The molecule has 0 radical (unpaired) electrons. The fourth-order valence-corrected chi connectivity index (χ4v) is 1.63. The van der Waals surface area contributed by atoms with Gasteiger partial charge in [-0.05, 0) is 48.9 Å². The zero-order valence-corrected chi connectivity index (χ0v) is 10.4. The smallest absolute Gasteiger partial charge is 0.135 e. The van der Waals surface area contributed by atoms with Gasteiger partial charge in [0.1, 0.15) is 11.6 Å². The van der Waals surface area contributed by atoms with Crippen LogP contribution in [0.5, 0.6) is 0 Å². The maximum atomic E-state index is 13.5. The Morgan fingerprint density at radius 1 is 1.06 bits per heavy atom. The summed E-state index contributed by atoms with van der Waals surface area (Å²) in [7, 11) is 0. The fraction of sp³-hybridized carbons (Fsp3) is 0.0714. The minimum absolute atomic E-state index is 0.143. The molecule has 2 aromatic rings. The zero-order chi connectivity index (χ0) is 13.1. The first-order chi connectivity index (χ1) is 8.56. The van der Waals surface area contributed by atoms with Gasteiger partial charge in [-0.3, -0.25) is 4.99 Å². The highest BCUT2D eigenvalue weighted by molar-refractivity contribution is 6.30. The summed E-state index contributed by atoms with van der Waals surface area (Å²) in [6.45, 7) is 1.63. The van der Waals surface area contributed by atoms with Gasteiger partial charge in [0.25, 0.3) is 0 Å². The molecule has 0 aromatic heterocycles. The first-order valence-corrected chi connectivity index (χ1v) is 5.69. The lowest BCUT2D eigenvalue weighted by atomic mass is 10.1. The molecule has 2 rings (SSSR count). The van der Waals surface area contributed by atoms with Crippen LogP contribution in [0.2, 0.25) is 5.02 Å². The highest BCUT2D eigenvalue weighted by Gasteiger charge is 2.07. The summed E-state index contributed by atoms with van der Waals surface area (Å²) in [6.07, 6.45) is 1.17. The van der Waals surface area contributed by atoms with Gasteiger partial charge >= 0.3 is 0 Å². The van der Waals surface area contributed by atoms with Gasteiger partial charge in [-0.2, -0.15) is 0 Å². The van der Waals surface area contributed by atoms with Crippen LogP contribution in [-0.4, -0.2) is 6.21 Å². The van der Waals surface area contributed by atoms with E-state index in [4.69, 9.17) is 11.6 Å². The SMILES string of the molecule is Cc1cc(F)c(/C=N/c2ccc(Cl)cc2)c(F)c1. The van der Waals surface area contributed by atoms with Gasteiger partial charge in [-0.1, -0.05) is 11.6 Å². The Balaban J connectivity index is 2.31. The summed E-state index contributed by atoms with van der Waals surface area (Å²) < 4.78 is 27.1. The fourth-order valence-electron chi connectivity index (χ4n) is 1.50. The molecule has 0 atom stereocenters. The molecule has 0 saturated carbocycles. The third kappa shape index (κ3) is 2.93. The van der Waals surface area contributed by atoms with Crippen molar-refractivity contribution in [3.05, 3.63) is 64.2 Å². The van der Waals surface area contributed by atoms with E-state index in [1.165, 1.54) is 18.3 Å². The van der Waals surface area contributed by atoms with E-state index < -0.39 is 11.6 Å². The summed E-state index contributed by atoms with van der Waals surface area (Å²) in [5.74, 6) is -1.24. The molecule has 1 nitrogen and oxygen atoms in total. The van der Waals surface area contributed by atoms with Crippen molar-refractivity contribution in [2.75, 3.05) is 0 Å². The number of benzene rings is 2. The van der Waals surface area contributed by atoms with Crippen LogP contribution in [0.4, 0.5) is 14.5 Å². The summed E-state index contributed by atoms with van der Waals surface area (Å²) in [5, 5.41) is 0.585. The Hall–Kier alpha value is -1.74. The van der Waals surface area contributed by atoms with Crippen LogP contribution in [-0.2, 0) is 0 Å². The number of aryl methyl sites for hydroxylation is 1. The molecule has 0 unspecified atom stereocenters. The predicted molar refractivity (Wildman–Crippen MR) is 69.8 cm³/mol. The van der Waals surface area contributed by atoms with Crippen molar-refractivity contribution < 1.29 is 8.78 Å². The summed E-state index contributed by atoms with van der Waals surface area (Å²) >= 11 is 5.72. The molecule has 0 fully saturated rings. The van der Waals surface area contributed by atoms with Crippen molar-refractivity contribution in [3.63, 3.8) is 0 Å². The van der Waals surface area contributed by atoms with Crippen LogP contribution in [0.3, 0.4) is 0 Å². The zero-order valence-electron chi connectivity index (χ0n) is 9.62. The predicted octanol–water partition coefficient (Wildman–Crippen LogP) is 4.68. The van der Waals surface area contributed by atoms with Gasteiger partial charge in [0.15, 0.2) is 0 Å². The Bertz CT molecular complexity index is 568. The number of rotatable bonds is 2. The van der Waals surface area contributed by atoms with E-state index in [9.17, 15) is 8.78 Å². The van der Waals surface area contributed by atoms with Gasteiger partial charge < -0.3 is 0 Å².